The molecule has 0 aliphatic rings. The second-order valence-electron chi connectivity index (χ2n) is 4.70. The zero-order valence-corrected chi connectivity index (χ0v) is 12.8. The van der Waals surface area contributed by atoms with Crippen LogP contribution in [0, 0.1) is 0 Å². The number of hydrogen-bond donors (Lipinski definition) is 1. The molecule has 1 atom stereocenters. The van der Waals surface area contributed by atoms with Crippen LogP contribution in [0.2, 0.25) is 0 Å². The molecule has 3 heteroatoms. The Morgan fingerprint density at radius 1 is 1.15 bits per heavy atom. The highest BCUT2D eigenvalue weighted by atomic mass is 16.5. The number of rotatable bonds is 11. The van der Waals surface area contributed by atoms with E-state index in [4.69, 9.17) is 0 Å². The van der Waals surface area contributed by atoms with Gasteiger partial charge >= 0.3 is 5.97 Å². The summed E-state index contributed by atoms with van der Waals surface area (Å²) in [5.74, 6) is -0.148. The lowest BCUT2D eigenvalue weighted by Crippen LogP contribution is -1.99. The molecular formula is C17H28O3. The summed E-state index contributed by atoms with van der Waals surface area (Å²) >= 11 is 0. The van der Waals surface area contributed by atoms with Gasteiger partial charge in [-0.2, -0.15) is 0 Å². The number of methoxy groups -OCH3 is 1. The van der Waals surface area contributed by atoms with E-state index in [0.717, 1.165) is 32.1 Å². The first-order valence-corrected chi connectivity index (χ1v) is 7.44. The molecule has 0 saturated heterocycles. The molecule has 0 aromatic rings. The van der Waals surface area contributed by atoms with Gasteiger partial charge < -0.3 is 9.84 Å². The van der Waals surface area contributed by atoms with Crippen LogP contribution in [0.25, 0.3) is 0 Å². The quantitative estimate of drug-likeness (QED) is 0.270. The van der Waals surface area contributed by atoms with Crippen molar-refractivity contribution in [2.75, 3.05) is 7.11 Å². The number of carbonyl (C=O) groups excluding carboxylic acids is 1. The van der Waals surface area contributed by atoms with Crippen molar-refractivity contribution in [2.24, 2.45) is 0 Å². The average Bonchev–Trinajstić information content (AvgIpc) is 2.45. The van der Waals surface area contributed by atoms with E-state index in [-0.39, 0.29) is 5.97 Å². The first-order valence-electron chi connectivity index (χ1n) is 7.44. The van der Waals surface area contributed by atoms with E-state index in [0.29, 0.717) is 12.8 Å². The van der Waals surface area contributed by atoms with Crippen LogP contribution in [0.1, 0.15) is 51.9 Å². The molecule has 0 fully saturated rings. The first-order chi connectivity index (χ1) is 9.70. The van der Waals surface area contributed by atoms with Gasteiger partial charge in [-0.1, -0.05) is 49.8 Å². The van der Waals surface area contributed by atoms with E-state index < -0.39 is 6.10 Å². The van der Waals surface area contributed by atoms with Crippen LogP contribution in [0.15, 0.2) is 36.5 Å². The molecule has 0 unspecified atom stereocenters. The maximum atomic E-state index is 10.9. The lowest BCUT2D eigenvalue weighted by molar-refractivity contribution is -0.140. The zero-order chi connectivity index (χ0) is 15.1. The number of hydrogen-bond acceptors (Lipinski definition) is 3. The number of esters is 1. The molecule has 3 nitrogen and oxygen atoms in total. The maximum absolute atomic E-state index is 10.9. The van der Waals surface area contributed by atoms with Gasteiger partial charge in [-0.05, 0) is 32.1 Å². The third-order valence-corrected chi connectivity index (χ3v) is 2.81. The Balaban J connectivity index is 3.56. The summed E-state index contributed by atoms with van der Waals surface area (Å²) < 4.78 is 4.57. The molecule has 20 heavy (non-hydrogen) atoms. The Labute approximate surface area is 123 Å². The van der Waals surface area contributed by atoms with Crippen molar-refractivity contribution in [1.29, 1.82) is 0 Å². The smallest absolute Gasteiger partial charge is 0.305 e. The summed E-state index contributed by atoms with van der Waals surface area (Å²) in [6, 6.07) is 0. The van der Waals surface area contributed by atoms with Crippen molar-refractivity contribution < 1.29 is 14.6 Å². The number of allylic oxidation sites excluding steroid dienone is 4. The van der Waals surface area contributed by atoms with E-state index in [1.54, 1.807) is 6.08 Å². The highest BCUT2D eigenvalue weighted by Crippen LogP contribution is 2.03. The minimum Gasteiger partial charge on any atom is -0.469 e. The van der Waals surface area contributed by atoms with Gasteiger partial charge in [-0.15, -0.1) is 0 Å². The van der Waals surface area contributed by atoms with Gasteiger partial charge in [-0.25, -0.2) is 0 Å². The fourth-order valence-corrected chi connectivity index (χ4v) is 1.60. The molecular weight excluding hydrogens is 252 g/mol. The van der Waals surface area contributed by atoms with Crippen molar-refractivity contribution in [1.82, 2.24) is 0 Å². The lowest BCUT2D eigenvalue weighted by atomic mass is 10.1. The number of aliphatic hydroxyl groups excluding tert-OH is 1. The topological polar surface area (TPSA) is 46.5 Å². The molecule has 114 valence electrons. The van der Waals surface area contributed by atoms with Crippen molar-refractivity contribution in [3.63, 3.8) is 0 Å². The SMILES string of the molecule is CCC/C=C\C=C\[C@@H](O)C/C=C\CCCCC(=O)OC. The van der Waals surface area contributed by atoms with Crippen molar-refractivity contribution in [3.8, 4) is 0 Å². The summed E-state index contributed by atoms with van der Waals surface area (Å²) in [6.45, 7) is 2.14. The zero-order valence-electron chi connectivity index (χ0n) is 12.8. The number of unbranched alkanes of at least 4 members (excludes halogenated alkanes) is 3. The lowest BCUT2D eigenvalue weighted by Gasteiger charge is -2.00. The molecule has 0 radical (unpaired) electrons. The van der Waals surface area contributed by atoms with Gasteiger partial charge in [0.05, 0.1) is 13.2 Å². The van der Waals surface area contributed by atoms with Crippen LogP contribution in [0.4, 0.5) is 0 Å². The maximum Gasteiger partial charge on any atom is 0.305 e. The van der Waals surface area contributed by atoms with Gasteiger partial charge in [-0.3, -0.25) is 4.79 Å². The Hall–Kier alpha value is -1.35. The van der Waals surface area contributed by atoms with E-state index in [9.17, 15) is 9.90 Å². The van der Waals surface area contributed by atoms with Crippen LogP contribution in [0.3, 0.4) is 0 Å². The van der Waals surface area contributed by atoms with Gasteiger partial charge in [0, 0.05) is 6.42 Å². The number of ether oxygens (including phenoxy) is 1. The molecule has 0 aromatic carbocycles. The van der Waals surface area contributed by atoms with E-state index in [1.165, 1.54) is 7.11 Å². The Kier molecular flexibility index (Phi) is 13.1. The third kappa shape index (κ3) is 13.1. The normalized spacial score (nSPS) is 13.6. The van der Waals surface area contributed by atoms with E-state index in [2.05, 4.69) is 23.8 Å². The fraction of sp³-hybridized carbons (Fsp3) is 0.588. The van der Waals surface area contributed by atoms with Gasteiger partial charge in [0.1, 0.15) is 0 Å². The van der Waals surface area contributed by atoms with Crippen molar-refractivity contribution >= 4 is 5.97 Å². The Morgan fingerprint density at radius 3 is 2.65 bits per heavy atom. The molecule has 0 heterocycles. The summed E-state index contributed by atoms with van der Waals surface area (Å²) in [5.41, 5.74) is 0. The number of aliphatic hydroxyl groups is 1. The number of carbonyl (C=O) groups is 1. The third-order valence-electron chi connectivity index (χ3n) is 2.81. The second-order valence-corrected chi connectivity index (χ2v) is 4.70. The summed E-state index contributed by atoms with van der Waals surface area (Å²) in [7, 11) is 1.41. The minimum atomic E-state index is -0.424. The van der Waals surface area contributed by atoms with E-state index >= 15 is 0 Å². The van der Waals surface area contributed by atoms with Crippen molar-refractivity contribution in [3.05, 3.63) is 36.5 Å². The van der Waals surface area contributed by atoms with Gasteiger partial charge in [0.25, 0.3) is 0 Å². The van der Waals surface area contributed by atoms with E-state index in [1.807, 2.05) is 18.2 Å². The monoisotopic (exact) mass is 280 g/mol. The molecule has 1 N–H and O–H groups in total. The Bertz CT molecular complexity index is 316. The Morgan fingerprint density at radius 2 is 1.95 bits per heavy atom. The molecule has 0 bridgehead atoms. The first kappa shape index (κ1) is 18.7. The van der Waals surface area contributed by atoms with Gasteiger partial charge in [0.15, 0.2) is 0 Å². The molecule has 0 spiro atoms. The molecule has 0 saturated carbocycles. The van der Waals surface area contributed by atoms with Crippen LogP contribution < -0.4 is 0 Å². The molecule has 0 aliphatic heterocycles. The molecule has 0 amide bonds. The predicted molar refractivity (Wildman–Crippen MR) is 83.4 cm³/mol. The molecule has 0 rings (SSSR count). The van der Waals surface area contributed by atoms with Crippen LogP contribution in [-0.4, -0.2) is 24.3 Å². The minimum absolute atomic E-state index is 0.148. The summed E-state index contributed by atoms with van der Waals surface area (Å²) in [6.07, 6.45) is 17.5. The highest BCUT2D eigenvalue weighted by molar-refractivity contribution is 5.68. The van der Waals surface area contributed by atoms with Crippen LogP contribution in [-0.2, 0) is 9.53 Å². The predicted octanol–water partition coefficient (Wildman–Crippen LogP) is 3.94. The fourth-order valence-electron chi connectivity index (χ4n) is 1.60. The standard InChI is InChI=1S/C17H28O3/c1-3-4-5-7-10-13-16(18)14-11-8-6-9-12-15-17(19)20-2/h5,7-8,10-11,13,16,18H,3-4,6,9,12,14-15H2,1-2H3/b7-5-,11-8-,13-10+/t16-/m1/s1. The summed E-state index contributed by atoms with van der Waals surface area (Å²) in [4.78, 5) is 10.9. The van der Waals surface area contributed by atoms with Gasteiger partial charge in [0.2, 0.25) is 0 Å². The highest BCUT2D eigenvalue weighted by Gasteiger charge is 1.98. The van der Waals surface area contributed by atoms with Crippen LogP contribution in [0.5, 0.6) is 0 Å². The largest absolute Gasteiger partial charge is 0.469 e. The van der Waals surface area contributed by atoms with Crippen molar-refractivity contribution in [2.45, 2.75) is 58.0 Å². The summed E-state index contributed by atoms with van der Waals surface area (Å²) in [5, 5.41) is 9.68. The second kappa shape index (κ2) is 14.1. The molecule has 0 aromatic heterocycles. The average molecular weight is 280 g/mol. The van der Waals surface area contributed by atoms with Crippen LogP contribution >= 0.6 is 0 Å². The molecule has 0 aliphatic carbocycles.